The smallest absolute Gasteiger partial charge is 0.119 e. The first kappa shape index (κ1) is 11.5. The average Bonchev–Trinajstić information content (AvgIpc) is 2.35. The zero-order chi connectivity index (χ0) is 11.4. The number of hydrogen-bond donors (Lipinski definition) is 1. The van der Waals surface area contributed by atoms with Crippen molar-refractivity contribution in [1.29, 1.82) is 0 Å². The summed E-state index contributed by atoms with van der Waals surface area (Å²) in [5.74, 6) is 1.57. The molecule has 0 bridgehead atoms. The van der Waals surface area contributed by atoms with Crippen LogP contribution in [0.2, 0.25) is 0 Å². The van der Waals surface area contributed by atoms with Crippen molar-refractivity contribution in [2.24, 2.45) is 5.73 Å². The maximum atomic E-state index is 5.81. The van der Waals surface area contributed by atoms with Crippen LogP contribution in [0.1, 0.15) is 43.2 Å². The molecule has 1 aromatic rings. The third kappa shape index (κ3) is 2.38. The van der Waals surface area contributed by atoms with Gasteiger partial charge in [0, 0.05) is 0 Å². The van der Waals surface area contributed by atoms with E-state index in [2.05, 4.69) is 25.1 Å². The van der Waals surface area contributed by atoms with Crippen molar-refractivity contribution >= 4 is 0 Å². The van der Waals surface area contributed by atoms with Gasteiger partial charge in [-0.05, 0) is 61.4 Å². The SMILES string of the molecule is CCCOc1ccc2c(c1)CCCC2CN. The van der Waals surface area contributed by atoms with Crippen molar-refractivity contribution in [3.05, 3.63) is 29.3 Å². The van der Waals surface area contributed by atoms with Gasteiger partial charge in [-0.2, -0.15) is 0 Å². The van der Waals surface area contributed by atoms with Crippen molar-refractivity contribution < 1.29 is 4.74 Å². The fraction of sp³-hybridized carbons (Fsp3) is 0.571. The number of hydrogen-bond acceptors (Lipinski definition) is 2. The highest BCUT2D eigenvalue weighted by Gasteiger charge is 2.19. The Bertz CT molecular complexity index is 349. The second kappa shape index (κ2) is 5.35. The summed E-state index contributed by atoms with van der Waals surface area (Å²) in [4.78, 5) is 0. The second-order valence-electron chi connectivity index (χ2n) is 4.53. The van der Waals surface area contributed by atoms with Crippen molar-refractivity contribution in [3.63, 3.8) is 0 Å². The van der Waals surface area contributed by atoms with Crippen LogP contribution in [0.3, 0.4) is 0 Å². The van der Waals surface area contributed by atoms with Gasteiger partial charge >= 0.3 is 0 Å². The van der Waals surface area contributed by atoms with Crippen LogP contribution in [0.25, 0.3) is 0 Å². The van der Waals surface area contributed by atoms with E-state index >= 15 is 0 Å². The Morgan fingerprint density at radius 1 is 1.44 bits per heavy atom. The summed E-state index contributed by atoms with van der Waals surface area (Å²) in [5, 5.41) is 0. The molecule has 0 spiro atoms. The standard InChI is InChI=1S/C14H21NO/c1-2-8-16-13-6-7-14-11(9-13)4-3-5-12(14)10-15/h6-7,9,12H,2-5,8,10,15H2,1H3. The second-order valence-corrected chi connectivity index (χ2v) is 4.53. The van der Waals surface area contributed by atoms with Crippen LogP contribution >= 0.6 is 0 Å². The molecule has 0 saturated carbocycles. The summed E-state index contributed by atoms with van der Waals surface area (Å²) >= 11 is 0. The molecule has 1 atom stereocenters. The van der Waals surface area contributed by atoms with Gasteiger partial charge in [0.1, 0.15) is 5.75 Å². The van der Waals surface area contributed by atoms with E-state index in [-0.39, 0.29) is 0 Å². The highest BCUT2D eigenvalue weighted by molar-refractivity contribution is 5.39. The molecule has 1 aliphatic carbocycles. The van der Waals surface area contributed by atoms with Crippen LogP contribution in [0.4, 0.5) is 0 Å². The third-order valence-corrected chi connectivity index (χ3v) is 3.31. The van der Waals surface area contributed by atoms with E-state index in [1.807, 2.05) is 0 Å². The topological polar surface area (TPSA) is 35.2 Å². The van der Waals surface area contributed by atoms with Gasteiger partial charge in [-0.3, -0.25) is 0 Å². The number of aryl methyl sites for hydroxylation is 1. The molecule has 0 heterocycles. The van der Waals surface area contributed by atoms with Crippen LogP contribution in [0.5, 0.6) is 5.75 Å². The van der Waals surface area contributed by atoms with Gasteiger partial charge in [0.15, 0.2) is 0 Å². The Labute approximate surface area is 97.8 Å². The first-order chi connectivity index (χ1) is 7.85. The molecule has 2 rings (SSSR count). The minimum Gasteiger partial charge on any atom is -0.494 e. The number of rotatable bonds is 4. The highest BCUT2D eigenvalue weighted by Crippen LogP contribution is 2.33. The Kier molecular flexibility index (Phi) is 3.83. The van der Waals surface area contributed by atoms with Crippen molar-refractivity contribution in [3.8, 4) is 5.75 Å². The lowest BCUT2D eigenvalue weighted by molar-refractivity contribution is 0.316. The molecule has 0 aliphatic heterocycles. The first-order valence-corrected chi connectivity index (χ1v) is 6.30. The number of ether oxygens (including phenoxy) is 1. The predicted molar refractivity (Wildman–Crippen MR) is 67.0 cm³/mol. The van der Waals surface area contributed by atoms with E-state index in [9.17, 15) is 0 Å². The minimum atomic E-state index is 0.559. The highest BCUT2D eigenvalue weighted by atomic mass is 16.5. The summed E-state index contributed by atoms with van der Waals surface area (Å²) < 4.78 is 5.66. The van der Waals surface area contributed by atoms with Gasteiger partial charge in [-0.25, -0.2) is 0 Å². The molecule has 88 valence electrons. The van der Waals surface area contributed by atoms with E-state index < -0.39 is 0 Å². The van der Waals surface area contributed by atoms with Crippen LogP contribution in [-0.4, -0.2) is 13.2 Å². The Hall–Kier alpha value is -1.02. The molecule has 2 N–H and O–H groups in total. The molecule has 0 fully saturated rings. The number of nitrogens with two attached hydrogens (primary N) is 1. The zero-order valence-electron chi connectivity index (χ0n) is 10.0. The van der Waals surface area contributed by atoms with Crippen LogP contribution in [0, 0.1) is 0 Å². The maximum absolute atomic E-state index is 5.81. The first-order valence-electron chi connectivity index (χ1n) is 6.30. The largest absolute Gasteiger partial charge is 0.494 e. The third-order valence-electron chi connectivity index (χ3n) is 3.31. The van der Waals surface area contributed by atoms with Crippen molar-refractivity contribution in [1.82, 2.24) is 0 Å². The van der Waals surface area contributed by atoms with Gasteiger partial charge in [0.2, 0.25) is 0 Å². The number of benzene rings is 1. The molecule has 1 aliphatic rings. The predicted octanol–water partition coefficient (Wildman–Crippen LogP) is 2.85. The molecule has 1 aromatic carbocycles. The molecule has 0 radical (unpaired) electrons. The van der Waals surface area contributed by atoms with E-state index in [1.165, 1.54) is 30.4 Å². The van der Waals surface area contributed by atoms with Gasteiger partial charge in [-0.15, -0.1) is 0 Å². The van der Waals surface area contributed by atoms with Crippen molar-refractivity contribution in [2.75, 3.05) is 13.2 Å². The van der Waals surface area contributed by atoms with Gasteiger partial charge in [0.05, 0.1) is 6.61 Å². The van der Waals surface area contributed by atoms with Crippen LogP contribution in [0.15, 0.2) is 18.2 Å². The average molecular weight is 219 g/mol. The van der Waals surface area contributed by atoms with Crippen LogP contribution < -0.4 is 10.5 Å². The molecule has 2 heteroatoms. The fourth-order valence-electron chi connectivity index (χ4n) is 2.45. The fourth-order valence-corrected chi connectivity index (χ4v) is 2.45. The molecule has 0 saturated heterocycles. The lowest BCUT2D eigenvalue weighted by atomic mass is 9.83. The van der Waals surface area contributed by atoms with Crippen LogP contribution in [-0.2, 0) is 6.42 Å². The van der Waals surface area contributed by atoms with Gasteiger partial charge < -0.3 is 10.5 Å². The molecule has 16 heavy (non-hydrogen) atoms. The van der Waals surface area contributed by atoms with Gasteiger partial charge in [0.25, 0.3) is 0 Å². The van der Waals surface area contributed by atoms with E-state index in [4.69, 9.17) is 10.5 Å². The molecular formula is C14H21NO. The summed E-state index contributed by atoms with van der Waals surface area (Å²) in [6.45, 7) is 3.70. The molecule has 2 nitrogen and oxygen atoms in total. The minimum absolute atomic E-state index is 0.559. The lowest BCUT2D eigenvalue weighted by Crippen LogP contribution is -2.18. The van der Waals surface area contributed by atoms with E-state index in [0.717, 1.165) is 25.3 Å². The van der Waals surface area contributed by atoms with E-state index in [0.29, 0.717) is 5.92 Å². The summed E-state index contributed by atoms with van der Waals surface area (Å²) in [7, 11) is 0. The Morgan fingerprint density at radius 2 is 2.31 bits per heavy atom. The summed E-state index contributed by atoms with van der Waals surface area (Å²) in [6.07, 6.45) is 4.72. The normalized spacial score (nSPS) is 19.2. The maximum Gasteiger partial charge on any atom is 0.119 e. The lowest BCUT2D eigenvalue weighted by Gasteiger charge is -2.24. The molecule has 0 aromatic heterocycles. The summed E-state index contributed by atoms with van der Waals surface area (Å²) in [6, 6.07) is 6.49. The van der Waals surface area contributed by atoms with Crippen molar-refractivity contribution in [2.45, 2.75) is 38.5 Å². The molecular weight excluding hydrogens is 198 g/mol. The molecule has 0 amide bonds. The Balaban J connectivity index is 2.18. The van der Waals surface area contributed by atoms with E-state index in [1.54, 1.807) is 0 Å². The Morgan fingerprint density at radius 3 is 3.06 bits per heavy atom. The monoisotopic (exact) mass is 219 g/mol. The summed E-state index contributed by atoms with van der Waals surface area (Å²) in [5.41, 5.74) is 8.69. The number of fused-ring (bicyclic) bond motifs is 1. The molecule has 1 unspecified atom stereocenters. The zero-order valence-corrected chi connectivity index (χ0v) is 10.0. The quantitative estimate of drug-likeness (QED) is 0.845. The van der Waals surface area contributed by atoms with Gasteiger partial charge in [-0.1, -0.05) is 13.0 Å².